The molecule has 0 radical (unpaired) electrons. The van der Waals surface area contributed by atoms with Crippen LogP contribution < -0.4 is 5.32 Å². The molecule has 2 aromatic carbocycles. The molecule has 0 unspecified atom stereocenters. The van der Waals surface area contributed by atoms with Crippen LogP contribution >= 0.6 is 23.4 Å². The first-order chi connectivity index (χ1) is 13.6. The smallest absolute Gasteiger partial charge is 0.322 e. The van der Waals surface area contributed by atoms with E-state index in [1.807, 2.05) is 0 Å². The molecule has 1 amide bonds. The van der Waals surface area contributed by atoms with E-state index in [9.17, 15) is 22.4 Å². The maximum Gasteiger partial charge on any atom is 0.417 e. The second-order valence-corrected chi connectivity index (χ2v) is 9.04. The molecule has 1 saturated carbocycles. The van der Waals surface area contributed by atoms with Gasteiger partial charge in [0, 0.05) is 21.4 Å². The summed E-state index contributed by atoms with van der Waals surface area (Å²) in [5.41, 5.74) is -0.371. The summed E-state index contributed by atoms with van der Waals surface area (Å²) in [5.74, 6) is -0.617. The largest absolute Gasteiger partial charge is 0.417 e. The van der Waals surface area contributed by atoms with Gasteiger partial charge in [-0.15, -0.1) is 11.8 Å². The molecule has 156 valence electrons. The maximum absolute atomic E-state index is 13.5. The van der Waals surface area contributed by atoms with Crippen LogP contribution in [0.25, 0.3) is 0 Å². The second-order valence-electron chi connectivity index (χ2n) is 7.29. The second kappa shape index (κ2) is 8.96. The minimum atomic E-state index is -4.50. The van der Waals surface area contributed by atoms with Crippen molar-refractivity contribution in [1.29, 1.82) is 0 Å². The Kier molecular flexibility index (Phi) is 6.79. The Morgan fingerprint density at radius 1 is 1.10 bits per heavy atom. The Morgan fingerprint density at radius 3 is 2.41 bits per heavy atom. The number of amides is 1. The van der Waals surface area contributed by atoms with Gasteiger partial charge in [0.15, 0.2) is 0 Å². The number of carbonyl (C=O) groups is 1. The molecule has 0 aliphatic heterocycles. The molecule has 0 spiro atoms. The van der Waals surface area contributed by atoms with E-state index < -0.39 is 23.5 Å². The van der Waals surface area contributed by atoms with Crippen LogP contribution in [0.3, 0.4) is 0 Å². The van der Waals surface area contributed by atoms with Crippen LogP contribution in [0.5, 0.6) is 0 Å². The Balaban J connectivity index is 1.83. The minimum Gasteiger partial charge on any atom is -0.322 e. The highest BCUT2D eigenvalue weighted by Crippen LogP contribution is 2.42. The van der Waals surface area contributed by atoms with Gasteiger partial charge in [0.25, 0.3) is 5.91 Å². The lowest BCUT2D eigenvalue weighted by molar-refractivity contribution is -0.139. The van der Waals surface area contributed by atoms with Crippen molar-refractivity contribution in [2.24, 2.45) is 5.92 Å². The van der Waals surface area contributed by atoms with Gasteiger partial charge in [-0.25, -0.2) is 4.39 Å². The number of benzene rings is 2. The monoisotopic (exact) mass is 445 g/mol. The van der Waals surface area contributed by atoms with Crippen LogP contribution in [-0.4, -0.2) is 11.2 Å². The van der Waals surface area contributed by atoms with Crippen LogP contribution in [0.2, 0.25) is 5.02 Å². The highest BCUT2D eigenvalue weighted by molar-refractivity contribution is 8.00. The molecular weight excluding hydrogens is 426 g/mol. The first-order valence-corrected chi connectivity index (χ1v) is 10.5. The third kappa shape index (κ3) is 5.66. The zero-order valence-electron chi connectivity index (χ0n) is 15.7. The predicted molar refractivity (Wildman–Crippen MR) is 108 cm³/mol. The van der Waals surface area contributed by atoms with E-state index in [-0.39, 0.29) is 26.4 Å². The number of alkyl halides is 3. The molecule has 29 heavy (non-hydrogen) atoms. The van der Waals surface area contributed by atoms with Crippen molar-refractivity contribution in [2.75, 3.05) is 5.32 Å². The van der Waals surface area contributed by atoms with Gasteiger partial charge in [-0.3, -0.25) is 4.79 Å². The molecule has 2 aromatic rings. The molecule has 0 bridgehead atoms. The molecule has 1 aliphatic carbocycles. The van der Waals surface area contributed by atoms with Crippen molar-refractivity contribution in [2.45, 2.75) is 48.9 Å². The molecule has 1 fully saturated rings. The summed E-state index contributed by atoms with van der Waals surface area (Å²) in [5, 5.41) is 2.48. The van der Waals surface area contributed by atoms with Gasteiger partial charge in [0.05, 0.1) is 10.6 Å². The minimum absolute atomic E-state index is 0.0573. The molecule has 3 rings (SSSR count). The summed E-state index contributed by atoms with van der Waals surface area (Å²) >= 11 is 6.90. The third-order valence-electron chi connectivity index (χ3n) is 4.98. The number of rotatable bonds is 4. The lowest BCUT2D eigenvalue weighted by Gasteiger charge is -2.26. The Hall–Kier alpha value is -1.73. The van der Waals surface area contributed by atoms with Crippen LogP contribution in [0.15, 0.2) is 41.3 Å². The van der Waals surface area contributed by atoms with E-state index in [1.165, 1.54) is 30.0 Å². The predicted octanol–water partition coefficient (Wildman–Crippen LogP) is 7.42. The Labute approximate surface area is 176 Å². The van der Waals surface area contributed by atoms with Crippen LogP contribution in [0, 0.1) is 11.7 Å². The highest BCUT2D eigenvalue weighted by atomic mass is 35.5. The molecule has 1 aliphatic rings. The fraction of sp³-hybridized carbons (Fsp3) is 0.381. The van der Waals surface area contributed by atoms with Gasteiger partial charge in [0.1, 0.15) is 5.82 Å². The normalized spacial score (nSPS) is 19.8. The quantitative estimate of drug-likeness (QED) is 0.496. The summed E-state index contributed by atoms with van der Waals surface area (Å²) in [6.45, 7) is 2.15. The summed E-state index contributed by atoms with van der Waals surface area (Å²) < 4.78 is 53.6. The van der Waals surface area contributed by atoms with Gasteiger partial charge in [-0.1, -0.05) is 18.5 Å². The lowest BCUT2D eigenvalue weighted by Crippen LogP contribution is -2.17. The standard InChI is InChI=1S/C21H20ClF4NOS/c1-12-2-6-15(7-3-12)29-19-10-13(4-8-16(19)21(24,25)26)20(28)27-14-5-9-18(23)17(22)11-14/h4-5,8-12,15H,2-3,6-7H2,1H3,(H,27,28). The number of anilines is 1. The SMILES string of the molecule is CC1CCC(Sc2cc(C(=O)Nc3ccc(F)c(Cl)c3)ccc2C(F)(F)F)CC1. The summed E-state index contributed by atoms with van der Waals surface area (Å²) in [6, 6.07) is 7.07. The molecule has 0 saturated heterocycles. The molecule has 1 N–H and O–H groups in total. The van der Waals surface area contributed by atoms with Crippen LogP contribution in [0.4, 0.5) is 23.2 Å². The van der Waals surface area contributed by atoms with Crippen molar-refractivity contribution in [3.05, 3.63) is 58.4 Å². The van der Waals surface area contributed by atoms with Gasteiger partial charge in [-0.05, 0) is 68.0 Å². The van der Waals surface area contributed by atoms with E-state index in [0.717, 1.165) is 43.9 Å². The number of thioether (sulfide) groups is 1. The Bertz CT molecular complexity index is 895. The van der Waals surface area contributed by atoms with Gasteiger partial charge >= 0.3 is 6.18 Å². The van der Waals surface area contributed by atoms with E-state index in [2.05, 4.69) is 12.2 Å². The Morgan fingerprint density at radius 2 is 1.79 bits per heavy atom. The fourth-order valence-electron chi connectivity index (χ4n) is 3.30. The van der Waals surface area contributed by atoms with Crippen LogP contribution in [0.1, 0.15) is 48.5 Å². The van der Waals surface area contributed by atoms with Gasteiger partial charge < -0.3 is 5.32 Å². The molecule has 0 aromatic heterocycles. The molecule has 2 nitrogen and oxygen atoms in total. The lowest BCUT2D eigenvalue weighted by atomic mass is 9.91. The summed E-state index contributed by atoms with van der Waals surface area (Å²) in [7, 11) is 0. The zero-order valence-corrected chi connectivity index (χ0v) is 17.2. The molecule has 8 heteroatoms. The van der Waals surface area contributed by atoms with E-state index >= 15 is 0 Å². The molecule has 0 atom stereocenters. The first-order valence-electron chi connectivity index (χ1n) is 9.28. The van der Waals surface area contributed by atoms with Crippen molar-refractivity contribution >= 4 is 35.0 Å². The number of nitrogens with one attached hydrogen (secondary N) is 1. The van der Waals surface area contributed by atoms with Crippen molar-refractivity contribution in [3.8, 4) is 0 Å². The number of halogens is 5. The highest BCUT2D eigenvalue weighted by Gasteiger charge is 2.35. The summed E-state index contributed by atoms with van der Waals surface area (Å²) in [6.07, 6.45) is -0.805. The average molecular weight is 446 g/mol. The topological polar surface area (TPSA) is 29.1 Å². The van der Waals surface area contributed by atoms with Gasteiger partial charge in [0.2, 0.25) is 0 Å². The number of carbonyl (C=O) groups excluding carboxylic acids is 1. The van der Waals surface area contributed by atoms with Crippen molar-refractivity contribution in [1.82, 2.24) is 0 Å². The summed E-state index contributed by atoms with van der Waals surface area (Å²) in [4.78, 5) is 12.6. The molecular formula is C21H20ClF4NOS. The fourth-order valence-corrected chi connectivity index (χ4v) is 4.85. The van der Waals surface area contributed by atoms with E-state index in [0.29, 0.717) is 5.92 Å². The average Bonchev–Trinajstić information content (AvgIpc) is 2.65. The van der Waals surface area contributed by atoms with Crippen molar-refractivity contribution in [3.63, 3.8) is 0 Å². The maximum atomic E-state index is 13.5. The number of hydrogen-bond acceptors (Lipinski definition) is 2. The van der Waals surface area contributed by atoms with E-state index in [4.69, 9.17) is 11.6 Å². The van der Waals surface area contributed by atoms with Crippen LogP contribution in [-0.2, 0) is 6.18 Å². The van der Waals surface area contributed by atoms with Gasteiger partial charge in [-0.2, -0.15) is 13.2 Å². The van der Waals surface area contributed by atoms with E-state index in [1.54, 1.807) is 0 Å². The zero-order chi connectivity index (χ0) is 21.2. The number of hydrogen-bond donors (Lipinski definition) is 1. The first kappa shape index (κ1) is 22.0. The van der Waals surface area contributed by atoms with Crippen molar-refractivity contribution < 1.29 is 22.4 Å². The molecule has 0 heterocycles. The third-order valence-corrected chi connectivity index (χ3v) is 6.67.